The number of thiophene rings is 1. The first-order valence-corrected chi connectivity index (χ1v) is 19.2. The summed E-state index contributed by atoms with van der Waals surface area (Å²) in [6, 6.07) is 20.8. The number of hydrogen-bond acceptors (Lipinski definition) is 9. The summed E-state index contributed by atoms with van der Waals surface area (Å²) >= 11 is 2.76. The number of amides is 3. The molecule has 0 spiro atoms. The Hall–Kier alpha value is -5.07. The van der Waals surface area contributed by atoms with Crippen LogP contribution >= 0.6 is 23.1 Å². The summed E-state index contributed by atoms with van der Waals surface area (Å²) in [6.07, 6.45) is 4.16. The van der Waals surface area contributed by atoms with Crippen LogP contribution in [-0.4, -0.2) is 50.3 Å². The van der Waals surface area contributed by atoms with E-state index in [-0.39, 0.29) is 29.4 Å². The maximum Gasteiger partial charge on any atom is 0.341 e. The van der Waals surface area contributed by atoms with Crippen molar-refractivity contribution in [1.82, 2.24) is 5.32 Å². The van der Waals surface area contributed by atoms with Crippen LogP contribution in [0.4, 0.5) is 10.7 Å². The zero-order valence-corrected chi connectivity index (χ0v) is 32.4. The number of thioether (sulfide) groups is 1. The molecule has 1 aliphatic carbocycles. The minimum absolute atomic E-state index is 0.00776. The minimum atomic E-state index is -0.550. The molecular weight excluding hydrogens is 711 g/mol. The van der Waals surface area contributed by atoms with E-state index in [0.717, 1.165) is 34.6 Å². The molecule has 0 bridgehead atoms. The fourth-order valence-corrected chi connectivity index (χ4v) is 8.14. The molecule has 53 heavy (non-hydrogen) atoms. The molecule has 0 fully saturated rings. The van der Waals surface area contributed by atoms with Crippen molar-refractivity contribution in [3.63, 3.8) is 0 Å². The third-order valence-electron chi connectivity index (χ3n) is 8.93. The van der Waals surface area contributed by atoms with Gasteiger partial charge in [-0.2, -0.15) is 0 Å². The Morgan fingerprint density at radius 2 is 1.68 bits per heavy atom. The Bertz CT molecular complexity index is 2000. The predicted octanol–water partition coefficient (Wildman–Crippen LogP) is 8.23. The number of fused-ring (bicyclic) bond motifs is 1. The molecule has 278 valence electrons. The van der Waals surface area contributed by atoms with Gasteiger partial charge >= 0.3 is 5.97 Å². The van der Waals surface area contributed by atoms with Crippen molar-refractivity contribution in [3.8, 4) is 11.5 Å². The summed E-state index contributed by atoms with van der Waals surface area (Å²) < 4.78 is 16.1. The van der Waals surface area contributed by atoms with Crippen LogP contribution in [0.3, 0.4) is 0 Å². The molecule has 1 aromatic heterocycles. The topological polar surface area (TPSA) is 132 Å². The summed E-state index contributed by atoms with van der Waals surface area (Å²) in [4.78, 5) is 55.0. The van der Waals surface area contributed by atoms with E-state index in [1.54, 1.807) is 79.7 Å². The number of rotatable bonds is 13. The number of carbonyl (C=O) groups excluding carboxylic acids is 4. The summed E-state index contributed by atoms with van der Waals surface area (Å²) in [5.41, 5.74) is 3.06. The Morgan fingerprint density at radius 3 is 2.38 bits per heavy atom. The van der Waals surface area contributed by atoms with E-state index in [1.165, 1.54) is 37.3 Å². The first-order chi connectivity index (χ1) is 25.4. The van der Waals surface area contributed by atoms with E-state index in [2.05, 4.69) is 36.7 Å². The van der Waals surface area contributed by atoms with Crippen molar-refractivity contribution in [2.75, 3.05) is 37.2 Å². The van der Waals surface area contributed by atoms with Gasteiger partial charge < -0.3 is 30.2 Å². The number of ether oxygens (including phenoxy) is 3. The zero-order valence-electron chi connectivity index (χ0n) is 30.8. The molecule has 5 rings (SSSR count). The number of anilines is 2. The van der Waals surface area contributed by atoms with Gasteiger partial charge in [0.1, 0.15) is 10.7 Å². The summed E-state index contributed by atoms with van der Waals surface area (Å²) in [6.45, 7) is 8.73. The Morgan fingerprint density at radius 1 is 0.925 bits per heavy atom. The van der Waals surface area contributed by atoms with Crippen molar-refractivity contribution in [3.05, 3.63) is 106 Å². The van der Waals surface area contributed by atoms with Gasteiger partial charge in [-0.15, -0.1) is 23.1 Å². The lowest BCUT2D eigenvalue weighted by Crippen LogP contribution is -2.30. The average Bonchev–Trinajstić information content (AvgIpc) is 3.51. The fourth-order valence-electron chi connectivity index (χ4n) is 6.06. The zero-order chi connectivity index (χ0) is 38.1. The van der Waals surface area contributed by atoms with Gasteiger partial charge in [-0.25, -0.2) is 4.79 Å². The number of nitrogens with one attached hydrogen (secondary N) is 3. The molecule has 3 N–H and O–H groups in total. The van der Waals surface area contributed by atoms with Crippen molar-refractivity contribution in [2.24, 2.45) is 11.3 Å². The van der Waals surface area contributed by atoms with E-state index >= 15 is 0 Å². The molecule has 0 radical (unpaired) electrons. The van der Waals surface area contributed by atoms with Gasteiger partial charge in [-0.3, -0.25) is 14.4 Å². The largest absolute Gasteiger partial charge is 0.493 e. The molecule has 10 nitrogen and oxygen atoms in total. The maximum absolute atomic E-state index is 13.7. The number of esters is 1. The van der Waals surface area contributed by atoms with E-state index in [0.29, 0.717) is 44.8 Å². The van der Waals surface area contributed by atoms with Crippen LogP contribution in [-0.2, 0) is 27.2 Å². The van der Waals surface area contributed by atoms with E-state index in [9.17, 15) is 19.2 Å². The second-order valence-corrected chi connectivity index (χ2v) is 15.7. The lowest BCUT2D eigenvalue weighted by molar-refractivity contribution is -0.114. The normalized spacial score (nSPS) is 14.1. The SMILES string of the molecule is CCOC(=O)c1c(NC(=O)CSc2cccc(NC(=O)/C(=C\c3ccc(OC)c(OC)c3)NC(=O)c3ccccc3)c2)sc2c1CCC(C(C)(C)C)C2. The number of methoxy groups -OCH3 is 2. The molecular formula is C41H45N3O7S2. The third kappa shape index (κ3) is 10.1. The summed E-state index contributed by atoms with van der Waals surface area (Å²) in [5.74, 6) is -0.127. The summed E-state index contributed by atoms with van der Waals surface area (Å²) in [5, 5.41) is 9.13. The number of carbonyl (C=O) groups is 4. The Balaban J connectivity index is 1.29. The van der Waals surface area contributed by atoms with Gasteiger partial charge in [0, 0.05) is 21.0 Å². The van der Waals surface area contributed by atoms with E-state index in [4.69, 9.17) is 14.2 Å². The van der Waals surface area contributed by atoms with Crippen LogP contribution in [0.15, 0.2) is 83.4 Å². The molecule has 1 atom stereocenters. The van der Waals surface area contributed by atoms with E-state index < -0.39 is 17.8 Å². The van der Waals surface area contributed by atoms with Gasteiger partial charge in [0.15, 0.2) is 11.5 Å². The first-order valence-electron chi connectivity index (χ1n) is 17.4. The van der Waals surface area contributed by atoms with Gasteiger partial charge in [0.25, 0.3) is 11.8 Å². The van der Waals surface area contributed by atoms with E-state index in [1.807, 2.05) is 6.07 Å². The molecule has 12 heteroatoms. The molecule has 3 aromatic carbocycles. The molecule has 1 unspecified atom stereocenters. The quantitative estimate of drug-likeness (QED) is 0.0707. The molecule has 0 saturated heterocycles. The first kappa shape index (κ1) is 39.1. The van der Waals surface area contributed by atoms with Crippen LogP contribution in [0.5, 0.6) is 11.5 Å². The molecule has 1 aliphatic rings. The molecule has 0 saturated carbocycles. The number of benzene rings is 3. The smallest absolute Gasteiger partial charge is 0.341 e. The lowest BCUT2D eigenvalue weighted by atomic mass is 9.72. The standard InChI is InChI=1S/C41H45N3O7S2/c1-7-51-40(48)36-30-18-17-27(41(2,3)4)22-34(30)53-39(36)44-35(45)24-52-29-15-11-14-28(23-29)42-38(47)31(43-37(46)26-12-9-8-10-13-26)20-25-16-19-32(49-5)33(21-25)50-6/h8-16,19-21,23,27H,7,17-18,22,24H2,1-6H3,(H,42,47)(H,43,46)(H,44,45)/b31-20+. The second-order valence-electron chi connectivity index (χ2n) is 13.5. The average molecular weight is 756 g/mol. The molecule has 1 heterocycles. The highest BCUT2D eigenvalue weighted by atomic mass is 32.2. The fraction of sp³-hybridized carbons (Fsp3) is 0.317. The highest BCUT2D eigenvalue weighted by Crippen LogP contribution is 2.44. The Kier molecular flexibility index (Phi) is 13.0. The van der Waals surface area contributed by atoms with Gasteiger partial charge in [-0.05, 0) is 97.2 Å². The van der Waals surface area contributed by atoms with Gasteiger partial charge in [0.2, 0.25) is 5.91 Å². The summed E-state index contributed by atoms with van der Waals surface area (Å²) in [7, 11) is 3.05. The van der Waals surface area contributed by atoms with Crippen molar-refractivity contribution < 1.29 is 33.4 Å². The number of hydrogen-bond donors (Lipinski definition) is 3. The van der Waals surface area contributed by atoms with Crippen LogP contribution in [0, 0.1) is 11.3 Å². The van der Waals surface area contributed by atoms with Crippen LogP contribution < -0.4 is 25.4 Å². The van der Waals surface area contributed by atoms with Gasteiger partial charge in [0.05, 0.1) is 32.1 Å². The van der Waals surface area contributed by atoms with Crippen molar-refractivity contribution in [2.45, 2.75) is 51.9 Å². The van der Waals surface area contributed by atoms with Crippen molar-refractivity contribution >= 4 is 63.6 Å². The van der Waals surface area contributed by atoms with Crippen LogP contribution in [0.1, 0.15) is 70.8 Å². The third-order valence-corrected chi connectivity index (χ3v) is 11.1. The van der Waals surface area contributed by atoms with Gasteiger partial charge in [-0.1, -0.05) is 51.1 Å². The lowest BCUT2D eigenvalue weighted by Gasteiger charge is -2.33. The van der Waals surface area contributed by atoms with Crippen LogP contribution in [0.25, 0.3) is 6.08 Å². The molecule has 3 amide bonds. The highest BCUT2D eigenvalue weighted by molar-refractivity contribution is 8.00. The predicted molar refractivity (Wildman–Crippen MR) is 211 cm³/mol. The Labute approximate surface area is 318 Å². The minimum Gasteiger partial charge on any atom is -0.493 e. The molecule has 4 aromatic rings. The van der Waals surface area contributed by atoms with Crippen LogP contribution in [0.2, 0.25) is 0 Å². The monoisotopic (exact) mass is 755 g/mol. The highest BCUT2D eigenvalue weighted by Gasteiger charge is 2.34. The molecule has 0 aliphatic heterocycles. The maximum atomic E-state index is 13.7. The second kappa shape index (κ2) is 17.6. The van der Waals surface area contributed by atoms with Crippen molar-refractivity contribution in [1.29, 1.82) is 0 Å².